The van der Waals surface area contributed by atoms with Crippen LogP contribution in [0.5, 0.6) is 5.75 Å². The van der Waals surface area contributed by atoms with Gasteiger partial charge in [0.05, 0.1) is 6.04 Å². The smallest absolute Gasteiger partial charge is 0.237 e. The van der Waals surface area contributed by atoms with Crippen molar-refractivity contribution in [1.82, 2.24) is 10.2 Å². The van der Waals surface area contributed by atoms with E-state index in [2.05, 4.69) is 10.2 Å². The second-order valence-corrected chi connectivity index (χ2v) is 4.57. The maximum atomic E-state index is 11.7. The number of carbonyl (C=O) groups is 1. The van der Waals surface area contributed by atoms with Gasteiger partial charge in [0, 0.05) is 30.9 Å². The second kappa shape index (κ2) is 5.27. The molecule has 1 aromatic carbocycles. The first-order valence-corrected chi connectivity index (χ1v) is 6.21. The zero-order valence-corrected chi connectivity index (χ0v) is 10.5. The number of anilines is 1. The number of phenols is 1. The van der Waals surface area contributed by atoms with Gasteiger partial charge in [-0.25, -0.2) is 0 Å². The monoisotopic (exact) mass is 249 g/mol. The summed E-state index contributed by atoms with van der Waals surface area (Å²) >= 11 is 0. The molecule has 1 atom stereocenters. The first-order valence-electron chi connectivity index (χ1n) is 6.21. The minimum atomic E-state index is -0.125. The molecule has 0 spiro atoms. The fourth-order valence-electron chi connectivity index (χ4n) is 2.35. The molecule has 98 valence electrons. The van der Waals surface area contributed by atoms with E-state index < -0.39 is 0 Å². The van der Waals surface area contributed by atoms with Crippen molar-refractivity contribution in [2.24, 2.45) is 0 Å². The van der Waals surface area contributed by atoms with Crippen LogP contribution in [0.2, 0.25) is 0 Å². The molecule has 4 N–H and O–H groups in total. The van der Waals surface area contributed by atoms with Crippen LogP contribution in [0, 0.1) is 0 Å². The summed E-state index contributed by atoms with van der Waals surface area (Å²) in [6, 6.07) is 4.89. The van der Waals surface area contributed by atoms with Gasteiger partial charge in [-0.3, -0.25) is 9.69 Å². The summed E-state index contributed by atoms with van der Waals surface area (Å²) in [7, 11) is 0. The Balaban J connectivity index is 2.16. The number of benzene rings is 1. The van der Waals surface area contributed by atoms with Crippen LogP contribution < -0.4 is 11.1 Å². The number of nitrogens with zero attached hydrogens (tertiary/aromatic N) is 1. The van der Waals surface area contributed by atoms with Crippen LogP contribution in [0.4, 0.5) is 5.69 Å². The Kier molecular flexibility index (Phi) is 3.72. The average molecular weight is 249 g/mol. The molecule has 5 nitrogen and oxygen atoms in total. The van der Waals surface area contributed by atoms with Crippen molar-refractivity contribution in [2.45, 2.75) is 25.9 Å². The van der Waals surface area contributed by atoms with E-state index in [0.717, 1.165) is 18.5 Å². The Labute approximate surface area is 107 Å². The van der Waals surface area contributed by atoms with Crippen LogP contribution in [0.3, 0.4) is 0 Å². The van der Waals surface area contributed by atoms with Gasteiger partial charge in [-0.1, -0.05) is 6.92 Å². The van der Waals surface area contributed by atoms with Crippen molar-refractivity contribution in [1.29, 1.82) is 0 Å². The highest BCUT2D eigenvalue weighted by Crippen LogP contribution is 2.23. The molecule has 0 saturated carbocycles. The summed E-state index contributed by atoms with van der Waals surface area (Å²) in [4.78, 5) is 13.8. The van der Waals surface area contributed by atoms with E-state index in [4.69, 9.17) is 5.73 Å². The molecule has 1 aliphatic rings. The van der Waals surface area contributed by atoms with Crippen LogP contribution in [-0.4, -0.2) is 35.0 Å². The molecule has 1 unspecified atom stereocenters. The number of aromatic hydroxyl groups is 1. The van der Waals surface area contributed by atoms with Gasteiger partial charge in [-0.05, 0) is 24.6 Å². The lowest BCUT2D eigenvalue weighted by Gasteiger charge is -2.34. The Morgan fingerprint density at radius 1 is 1.56 bits per heavy atom. The van der Waals surface area contributed by atoms with Gasteiger partial charge in [-0.2, -0.15) is 0 Å². The highest BCUT2D eigenvalue weighted by atomic mass is 16.3. The summed E-state index contributed by atoms with van der Waals surface area (Å²) in [6.07, 6.45) is 0.759. The van der Waals surface area contributed by atoms with Crippen molar-refractivity contribution >= 4 is 11.6 Å². The number of piperazine rings is 1. The van der Waals surface area contributed by atoms with Gasteiger partial charge in [0.15, 0.2) is 0 Å². The van der Waals surface area contributed by atoms with Crippen molar-refractivity contribution < 1.29 is 9.90 Å². The zero-order chi connectivity index (χ0) is 13.1. The predicted molar refractivity (Wildman–Crippen MR) is 70.0 cm³/mol. The normalized spacial score (nSPS) is 20.7. The highest BCUT2D eigenvalue weighted by molar-refractivity contribution is 5.82. The zero-order valence-electron chi connectivity index (χ0n) is 10.5. The van der Waals surface area contributed by atoms with E-state index in [-0.39, 0.29) is 17.7 Å². The third-order valence-corrected chi connectivity index (χ3v) is 3.31. The predicted octanol–water partition coefficient (Wildman–Crippen LogP) is 0.685. The standard InChI is InChI=1S/C13H19N3O2/c1-2-11-13(18)15-5-6-16(11)8-9-7-10(14)3-4-12(9)17/h3-4,7,11,17H,2,5-6,8,14H2,1H3,(H,15,18). The van der Waals surface area contributed by atoms with Crippen LogP contribution in [0.15, 0.2) is 18.2 Å². The number of nitrogens with one attached hydrogen (secondary N) is 1. The molecule has 1 amide bonds. The SMILES string of the molecule is CCC1C(=O)NCCN1Cc1cc(N)ccc1O. The van der Waals surface area contributed by atoms with Gasteiger partial charge in [-0.15, -0.1) is 0 Å². The maximum Gasteiger partial charge on any atom is 0.237 e. The summed E-state index contributed by atoms with van der Waals surface area (Å²) in [5.74, 6) is 0.289. The third-order valence-electron chi connectivity index (χ3n) is 3.31. The Bertz CT molecular complexity index is 448. The molecule has 0 bridgehead atoms. The molecule has 1 aliphatic heterocycles. The third kappa shape index (κ3) is 2.56. The molecule has 0 aromatic heterocycles. The summed E-state index contributed by atoms with van der Waals surface area (Å²) in [5.41, 5.74) is 7.11. The lowest BCUT2D eigenvalue weighted by molar-refractivity contribution is -0.129. The van der Waals surface area contributed by atoms with Crippen LogP contribution in [0.1, 0.15) is 18.9 Å². The van der Waals surface area contributed by atoms with E-state index in [1.54, 1.807) is 18.2 Å². The fraction of sp³-hybridized carbons (Fsp3) is 0.462. The van der Waals surface area contributed by atoms with Crippen LogP contribution in [0.25, 0.3) is 0 Å². The second-order valence-electron chi connectivity index (χ2n) is 4.57. The van der Waals surface area contributed by atoms with E-state index >= 15 is 0 Å². The van der Waals surface area contributed by atoms with E-state index in [9.17, 15) is 9.90 Å². The lowest BCUT2D eigenvalue weighted by Crippen LogP contribution is -2.54. The number of hydrogen-bond donors (Lipinski definition) is 3. The topological polar surface area (TPSA) is 78.6 Å². The maximum absolute atomic E-state index is 11.7. The van der Waals surface area contributed by atoms with E-state index in [1.165, 1.54) is 0 Å². The highest BCUT2D eigenvalue weighted by Gasteiger charge is 2.28. The van der Waals surface area contributed by atoms with Crippen molar-refractivity contribution in [3.8, 4) is 5.75 Å². The number of amides is 1. The molecule has 1 aromatic rings. The molecule has 18 heavy (non-hydrogen) atoms. The number of nitrogen functional groups attached to an aromatic ring is 1. The number of carbonyl (C=O) groups excluding carboxylic acids is 1. The quantitative estimate of drug-likeness (QED) is 0.544. The minimum absolute atomic E-state index is 0.0622. The largest absolute Gasteiger partial charge is 0.508 e. The number of phenolic OH excluding ortho intramolecular Hbond substituents is 1. The Hall–Kier alpha value is -1.75. The summed E-state index contributed by atoms with van der Waals surface area (Å²) in [6.45, 7) is 3.97. The van der Waals surface area contributed by atoms with Gasteiger partial charge in [0.1, 0.15) is 5.75 Å². The van der Waals surface area contributed by atoms with Gasteiger partial charge < -0.3 is 16.2 Å². The van der Waals surface area contributed by atoms with E-state index in [1.807, 2.05) is 6.92 Å². The van der Waals surface area contributed by atoms with Crippen molar-refractivity contribution in [3.05, 3.63) is 23.8 Å². The molecule has 5 heteroatoms. The Morgan fingerprint density at radius 3 is 3.06 bits per heavy atom. The van der Waals surface area contributed by atoms with E-state index in [0.29, 0.717) is 18.8 Å². The van der Waals surface area contributed by atoms with Gasteiger partial charge >= 0.3 is 0 Å². The van der Waals surface area contributed by atoms with Crippen LogP contribution >= 0.6 is 0 Å². The van der Waals surface area contributed by atoms with Crippen molar-refractivity contribution in [2.75, 3.05) is 18.8 Å². The molecule has 0 aliphatic carbocycles. The molecule has 1 heterocycles. The first kappa shape index (κ1) is 12.7. The van der Waals surface area contributed by atoms with Gasteiger partial charge in [0.25, 0.3) is 0 Å². The first-order chi connectivity index (χ1) is 8.61. The fourth-order valence-corrected chi connectivity index (χ4v) is 2.35. The number of nitrogens with two attached hydrogens (primary N) is 1. The number of rotatable bonds is 3. The number of hydrogen-bond acceptors (Lipinski definition) is 4. The lowest BCUT2D eigenvalue weighted by atomic mass is 10.1. The van der Waals surface area contributed by atoms with Gasteiger partial charge in [0.2, 0.25) is 5.91 Å². The summed E-state index contributed by atoms with van der Waals surface area (Å²) < 4.78 is 0. The van der Waals surface area contributed by atoms with Crippen LogP contribution in [-0.2, 0) is 11.3 Å². The average Bonchev–Trinajstić information content (AvgIpc) is 2.34. The molecular weight excluding hydrogens is 230 g/mol. The Morgan fingerprint density at radius 2 is 2.33 bits per heavy atom. The molecule has 0 radical (unpaired) electrons. The molecule has 2 rings (SSSR count). The molecule has 1 saturated heterocycles. The van der Waals surface area contributed by atoms with Crippen molar-refractivity contribution in [3.63, 3.8) is 0 Å². The minimum Gasteiger partial charge on any atom is -0.508 e. The molecular formula is C13H19N3O2. The summed E-state index contributed by atoms with van der Waals surface area (Å²) in [5, 5.41) is 12.7. The molecule has 1 fully saturated rings.